The number of hydrogen-bond acceptors (Lipinski definition) is 3. The minimum absolute atomic E-state index is 0.126. The molecule has 5 nitrogen and oxygen atoms in total. The lowest BCUT2D eigenvalue weighted by atomic mass is 10.1. The van der Waals surface area contributed by atoms with Crippen LogP contribution in [-0.4, -0.2) is 32.4 Å². The maximum atomic E-state index is 11.2. The van der Waals surface area contributed by atoms with Gasteiger partial charge in [-0.2, -0.15) is 18.0 Å². The molecule has 12 heavy (non-hydrogen) atoms. The van der Waals surface area contributed by atoms with Crippen LogP contribution in [0.4, 0.5) is 0 Å². The first-order chi connectivity index (χ1) is 5.60. The van der Waals surface area contributed by atoms with E-state index in [9.17, 15) is 8.42 Å². The highest BCUT2D eigenvalue weighted by Crippen LogP contribution is 2.16. The third-order valence-corrected chi connectivity index (χ3v) is 3.33. The maximum absolute atomic E-state index is 11.2. The molecule has 0 aromatic carbocycles. The van der Waals surface area contributed by atoms with Crippen LogP contribution in [-0.2, 0) is 10.2 Å². The molecule has 0 aliphatic carbocycles. The minimum atomic E-state index is -3.28. The normalized spacial score (nSPS) is 20.0. The summed E-state index contributed by atoms with van der Waals surface area (Å²) in [4.78, 5) is 0. The zero-order valence-electron chi connectivity index (χ0n) is 6.82. The molecule has 1 N–H and O–H groups in total. The van der Waals surface area contributed by atoms with Crippen molar-refractivity contribution in [3.8, 4) is 6.07 Å². The van der Waals surface area contributed by atoms with Crippen molar-refractivity contribution >= 4 is 10.2 Å². The van der Waals surface area contributed by atoms with Crippen LogP contribution in [0.2, 0.25) is 0 Å². The number of hydrogen-bond donors (Lipinski definition) is 1. The molecule has 0 saturated carbocycles. The van der Waals surface area contributed by atoms with Gasteiger partial charge in [0.15, 0.2) is 0 Å². The van der Waals surface area contributed by atoms with Crippen molar-refractivity contribution in [1.82, 2.24) is 9.03 Å². The Morgan fingerprint density at radius 3 is 2.67 bits per heavy atom. The van der Waals surface area contributed by atoms with Crippen molar-refractivity contribution in [3.63, 3.8) is 0 Å². The van der Waals surface area contributed by atoms with Crippen molar-refractivity contribution in [2.24, 2.45) is 5.92 Å². The fraction of sp³-hybridized carbons (Fsp3) is 0.833. The molecular weight excluding hydrogens is 178 g/mol. The van der Waals surface area contributed by atoms with Crippen molar-refractivity contribution in [2.45, 2.75) is 6.92 Å². The van der Waals surface area contributed by atoms with Gasteiger partial charge in [-0.25, -0.2) is 4.72 Å². The summed E-state index contributed by atoms with van der Waals surface area (Å²) in [5.41, 5.74) is 0. The monoisotopic (exact) mass is 189 g/mol. The zero-order valence-corrected chi connectivity index (χ0v) is 7.63. The second-order valence-corrected chi connectivity index (χ2v) is 4.40. The number of nitrogens with zero attached hydrogens (tertiary/aromatic N) is 2. The van der Waals surface area contributed by atoms with Gasteiger partial charge in [0.25, 0.3) is 10.2 Å². The van der Waals surface area contributed by atoms with E-state index in [4.69, 9.17) is 5.26 Å². The average molecular weight is 189 g/mol. The van der Waals surface area contributed by atoms with E-state index < -0.39 is 10.2 Å². The van der Waals surface area contributed by atoms with Gasteiger partial charge >= 0.3 is 0 Å². The van der Waals surface area contributed by atoms with Crippen LogP contribution in [0.5, 0.6) is 0 Å². The Morgan fingerprint density at radius 1 is 1.67 bits per heavy atom. The van der Waals surface area contributed by atoms with Gasteiger partial charge < -0.3 is 0 Å². The molecule has 0 spiro atoms. The van der Waals surface area contributed by atoms with Crippen molar-refractivity contribution in [1.29, 1.82) is 5.26 Å². The van der Waals surface area contributed by atoms with E-state index in [1.165, 1.54) is 4.31 Å². The van der Waals surface area contributed by atoms with Crippen LogP contribution in [0.15, 0.2) is 0 Å². The van der Waals surface area contributed by atoms with Gasteiger partial charge in [0.1, 0.15) is 0 Å². The molecule has 0 bridgehead atoms. The molecule has 1 aliphatic rings. The van der Waals surface area contributed by atoms with Crippen LogP contribution in [0.1, 0.15) is 6.92 Å². The number of nitrogens with one attached hydrogen (secondary N) is 1. The quantitative estimate of drug-likeness (QED) is 0.637. The molecular formula is C6H11N3O2S. The first-order valence-electron chi connectivity index (χ1n) is 3.74. The van der Waals surface area contributed by atoms with Gasteiger partial charge in [-0.1, -0.05) is 6.92 Å². The Kier molecular flexibility index (Phi) is 2.67. The minimum Gasteiger partial charge on any atom is -0.202 e. The lowest BCUT2D eigenvalue weighted by molar-refractivity contribution is 0.245. The van der Waals surface area contributed by atoms with Crippen LogP contribution in [0, 0.1) is 17.2 Å². The zero-order chi connectivity index (χ0) is 9.19. The lowest BCUT2D eigenvalue weighted by Crippen LogP contribution is -2.53. The SMILES string of the molecule is CCNS(=O)(=O)N1CC(C#N)C1. The molecule has 0 atom stereocenters. The second kappa shape index (κ2) is 3.39. The Hall–Kier alpha value is -0.640. The molecule has 1 fully saturated rings. The first-order valence-corrected chi connectivity index (χ1v) is 5.18. The van der Waals surface area contributed by atoms with Gasteiger partial charge in [0.05, 0.1) is 12.0 Å². The summed E-state index contributed by atoms with van der Waals surface area (Å²) in [6, 6.07) is 2.01. The van der Waals surface area contributed by atoms with E-state index in [1.54, 1.807) is 6.92 Å². The maximum Gasteiger partial charge on any atom is 0.279 e. The van der Waals surface area contributed by atoms with Crippen LogP contribution < -0.4 is 4.72 Å². The smallest absolute Gasteiger partial charge is 0.202 e. The summed E-state index contributed by atoms with van der Waals surface area (Å²) in [5.74, 6) is -0.126. The topological polar surface area (TPSA) is 73.2 Å². The fourth-order valence-electron chi connectivity index (χ4n) is 0.990. The van der Waals surface area contributed by atoms with E-state index in [2.05, 4.69) is 4.72 Å². The molecule has 0 aromatic heterocycles. The predicted molar refractivity (Wildman–Crippen MR) is 43.3 cm³/mol. The third kappa shape index (κ3) is 1.75. The standard InChI is InChI=1S/C6H11N3O2S/c1-2-8-12(10,11)9-4-6(3-7)5-9/h6,8H,2,4-5H2,1H3. The van der Waals surface area contributed by atoms with Crippen molar-refractivity contribution in [2.75, 3.05) is 19.6 Å². The Morgan fingerprint density at radius 2 is 2.25 bits per heavy atom. The molecule has 1 heterocycles. The van der Waals surface area contributed by atoms with Crippen molar-refractivity contribution < 1.29 is 8.42 Å². The van der Waals surface area contributed by atoms with E-state index in [0.29, 0.717) is 19.6 Å². The molecule has 1 saturated heterocycles. The van der Waals surface area contributed by atoms with Gasteiger partial charge in [0.2, 0.25) is 0 Å². The van der Waals surface area contributed by atoms with E-state index >= 15 is 0 Å². The lowest BCUT2D eigenvalue weighted by Gasteiger charge is -2.33. The highest BCUT2D eigenvalue weighted by atomic mass is 32.2. The van der Waals surface area contributed by atoms with Gasteiger partial charge in [-0.15, -0.1) is 0 Å². The summed E-state index contributed by atoms with van der Waals surface area (Å²) >= 11 is 0. The first kappa shape index (κ1) is 9.45. The Balaban J connectivity index is 2.48. The second-order valence-electron chi connectivity index (χ2n) is 2.65. The van der Waals surface area contributed by atoms with Crippen molar-refractivity contribution in [3.05, 3.63) is 0 Å². The third-order valence-electron chi connectivity index (χ3n) is 1.70. The molecule has 1 rings (SSSR count). The Bertz CT molecular complexity index is 286. The van der Waals surface area contributed by atoms with Crippen LogP contribution in [0.25, 0.3) is 0 Å². The largest absolute Gasteiger partial charge is 0.279 e. The molecule has 0 unspecified atom stereocenters. The molecule has 68 valence electrons. The highest BCUT2D eigenvalue weighted by molar-refractivity contribution is 7.87. The molecule has 0 aromatic rings. The van der Waals surface area contributed by atoms with Crippen LogP contribution >= 0.6 is 0 Å². The van der Waals surface area contributed by atoms with E-state index in [-0.39, 0.29) is 5.92 Å². The summed E-state index contributed by atoms with van der Waals surface area (Å²) in [5, 5.41) is 8.41. The highest BCUT2D eigenvalue weighted by Gasteiger charge is 2.34. The number of rotatable bonds is 3. The summed E-state index contributed by atoms with van der Waals surface area (Å²) < 4.78 is 26.0. The molecule has 1 aliphatic heterocycles. The number of nitriles is 1. The summed E-state index contributed by atoms with van der Waals surface area (Å²) in [6.07, 6.45) is 0. The average Bonchev–Trinajstić information content (AvgIpc) is 1.83. The van der Waals surface area contributed by atoms with E-state index in [1.807, 2.05) is 6.07 Å². The summed E-state index contributed by atoms with van der Waals surface area (Å²) in [7, 11) is -3.28. The molecule has 6 heteroatoms. The van der Waals surface area contributed by atoms with Gasteiger partial charge in [-0.3, -0.25) is 0 Å². The molecule has 0 radical (unpaired) electrons. The fourth-order valence-corrected chi connectivity index (χ4v) is 2.29. The van der Waals surface area contributed by atoms with E-state index in [0.717, 1.165) is 0 Å². The predicted octanol–water partition coefficient (Wildman–Crippen LogP) is -0.704. The van der Waals surface area contributed by atoms with Gasteiger partial charge in [-0.05, 0) is 0 Å². The van der Waals surface area contributed by atoms with Gasteiger partial charge in [0, 0.05) is 19.6 Å². The van der Waals surface area contributed by atoms with Crippen LogP contribution in [0.3, 0.4) is 0 Å². The summed E-state index contributed by atoms with van der Waals surface area (Å²) in [6.45, 7) is 2.76. The molecule has 0 amide bonds. The Labute approximate surface area is 72.2 Å².